The van der Waals surface area contributed by atoms with E-state index in [9.17, 15) is 56.4 Å². The first kappa shape index (κ1) is 75.3. The third-order valence-corrected chi connectivity index (χ3v) is 19.9. The van der Waals surface area contributed by atoms with E-state index in [0.29, 0.717) is 44.2 Å². The predicted octanol–water partition coefficient (Wildman–Crippen LogP) is 5.54. The Labute approximate surface area is 516 Å². The highest BCUT2D eigenvalue weighted by molar-refractivity contribution is 8.00. The van der Waals surface area contributed by atoms with Crippen molar-refractivity contribution < 1.29 is 70.6 Å². The minimum Gasteiger partial charge on any atom is -0.379 e. The van der Waals surface area contributed by atoms with E-state index < -0.39 is 92.3 Å². The number of thioether (sulfide) groups is 1. The molecule has 1 aromatic carbocycles. The molecule has 86 heavy (non-hydrogen) atoms. The number of hydrogen-bond donors (Lipinski definition) is 2. The van der Waals surface area contributed by atoms with Gasteiger partial charge in [0.2, 0.25) is 35.4 Å². The van der Waals surface area contributed by atoms with Gasteiger partial charge in [-0.1, -0.05) is 87.3 Å². The minimum absolute atomic E-state index is 0.00696. The number of nitrogens with one attached hydrogen (secondary N) is 1. The lowest BCUT2D eigenvalue weighted by Gasteiger charge is -2.41. The van der Waals surface area contributed by atoms with Gasteiger partial charge in [-0.25, -0.2) is 8.42 Å². The molecule has 0 aliphatic carbocycles. The van der Waals surface area contributed by atoms with Gasteiger partial charge in [0.1, 0.15) is 11.5 Å². The van der Waals surface area contributed by atoms with Crippen LogP contribution in [0.15, 0.2) is 29.2 Å². The van der Waals surface area contributed by atoms with Crippen molar-refractivity contribution in [2.24, 2.45) is 47.2 Å². The summed E-state index contributed by atoms with van der Waals surface area (Å²) >= 11 is 1.31. The zero-order valence-corrected chi connectivity index (χ0v) is 55.6. The third kappa shape index (κ3) is 21.7. The SMILES string of the molecule is CC[C@H](C)[C@@H]([C@@H](CC(=O)N1CCC[C@H]1[C@H](OC)[C@@H](C)C(=O)CS(=O)(=O)c1ccc(CC(=O)[C@H](CCCCC(N)=O)NC(=O)[C@@H](CC(=O)CCOCCN2C(=O)CC(SC)C2=O)C(C)C)cc1)OC)N(C)C(=O)[C@@H](CC(=O)[C@H](C(C)C)N(C)C)C(C)C. The summed E-state index contributed by atoms with van der Waals surface area (Å²) in [6.07, 6.45) is 2.73. The molecule has 0 bridgehead atoms. The maximum Gasteiger partial charge on any atom is 0.242 e. The Kier molecular flexibility index (Phi) is 31.4. The molecule has 0 aromatic heterocycles. The van der Waals surface area contributed by atoms with E-state index in [1.165, 1.54) is 50.2 Å². The van der Waals surface area contributed by atoms with Crippen LogP contribution in [0.25, 0.3) is 0 Å². The van der Waals surface area contributed by atoms with Gasteiger partial charge in [0, 0.05) is 84.1 Å². The van der Waals surface area contributed by atoms with Crippen LogP contribution in [0.5, 0.6) is 0 Å². The number of likely N-dealkylation sites (tertiary alicyclic amines) is 2. The minimum atomic E-state index is -4.23. The van der Waals surface area contributed by atoms with E-state index in [1.54, 1.807) is 43.9 Å². The van der Waals surface area contributed by atoms with Gasteiger partial charge < -0.3 is 35.1 Å². The van der Waals surface area contributed by atoms with Crippen molar-refractivity contribution in [3.05, 3.63) is 29.8 Å². The van der Waals surface area contributed by atoms with Gasteiger partial charge in [0.05, 0.1) is 72.7 Å². The van der Waals surface area contributed by atoms with Gasteiger partial charge >= 0.3 is 0 Å². The van der Waals surface area contributed by atoms with E-state index in [2.05, 4.69) is 5.32 Å². The number of primary amides is 1. The number of likely N-dealkylation sites (N-methyl/N-ethyl adjacent to an activating group) is 2. The molecule has 2 aliphatic heterocycles. The maximum atomic E-state index is 14.5. The molecule has 1 aromatic rings. The van der Waals surface area contributed by atoms with Crippen molar-refractivity contribution >= 4 is 80.2 Å². The van der Waals surface area contributed by atoms with Crippen LogP contribution in [0.2, 0.25) is 0 Å². The average molecular weight is 1250 g/mol. The summed E-state index contributed by atoms with van der Waals surface area (Å²) in [6.45, 7) is 17.5. The highest BCUT2D eigenvalue weighted by atomic mass is 32.2. The van der Waals surface area contributed by atoms with Crippen LogP contribution in [-0.2, 0) is 78.4 Å². The third-order valence-electron chi connectivity index (χ3n) is 17.3. The number of Topliss-reactive ketones (excluding diaryl/α,β-unsaturated/α-hetero) is 4. The molecule has 23 heteroatoms. The maximum absolute atomic E-state index is 14.5. The number of imide groups is 1. The first-order valence-electron chi connectivity index (χ1n) is 30.6. The normalized spacial score (nSPS) is 18.9. The average Bonchev–Trinajstić information content (AvgIpc) is 2.43. The number of ether oxygens (including phenoxy) is 3. The summed E-state index contributed by atoms with van der Waals surface area (Å²) in [5.74, 6) is -6.97. The molecule has 0 saturated carbocycles. The Hall–Kier alpha value is -4.94. The second kappa shape index (κ2) is 35.9. The van der Waals surface area contributed by atoms with E-state index in [0.717, 1.165) is 4.90 Å². The van der Waals surface area contributed by atoms with Crippen molar-refractivity contribution in [1.29, 1.82) is 0 Å². The lowest BCUT2D eigenvalue weighted by atomic mass is 9.83. The Balaban J connectivity index is 1.70. The topological polar surface area (TPSA) is 284 Å². The molecular formula is C63H102N6O15S2. The number of sulfone groups is 1. The fourth-order valence-electron chi connectivity index (χ4n) is 12.1. The number of unbranched alkanes of at least 4 members (excludes halogenated alkanes) is 1. The van der Waals surface area contributed by atoms with Crippen molar-refractivity contribution in [3.63, 3.8) is 0 Å². The summed E-state index contributed by atoms with van der Waals surface area (Å²) < 4.78 is 45.4. The van der Waals surface area contributed by atoms with Crippen molar-refractivity contribution in [1.82, 2.24) is 24.9 Å². The Morgan fingerprint density at radius 2 is 1.44 bits per heavy atom. The zero-order valence-electron chi connectivity index (χ0n) is 53.9. The lowest BCUT2D eigenvalue weighted by molar-refractivity contribution is -0.149. The van der Waals surface area contributed by atoms with E-state index in [1.807, 2.05) is 60.5 Å². The number of ketones is 4. The van der Waals surface area contributed by atoms with E-state index in [4.69, 9.17) is 19.9 Å². The van der Waals surface area contributed by atoms with Crippen LogP contribution in [0.4, 0.5) is 0 Å². The molecule has 2 aliphatic rings. The van der Waals surface area contributed by atoms with Crippen LogP contribution in [0.1, 0.15) is 145 Å². The zero-order chi connectivity index (χ0) is 64.9. The summed E-state index contributed by atoms with van der Waals surface area (Å²) in [5, 5.41) is 2.44. The quantitative estimate of drug-likeness (QED) is 0.0601. The van der Waals surface area contributed by atoms with Gasteiger partial charge in [0.15, 0.2) is 27.2 Å². The molecule has 0 radical (unpaired) electrons. The lowest BCUT2D eigenvalue weighted by Crippen LogP contribution is -2.54. The molecule has 6 amide bonds. The number of methoxy groups -OCH3 is 2. The molecule has 486 valence electrons. The van der Waals surface area contributed by atoms with Gasteiger partial charge in [-0.3, -0.25) is 57.7 Å². The largest absolute Gasteiger partial charge is 0.379 e. The summed E-state index contributed by atoms with van der Waals surface area (Å²) in [4.78, 5) is 140. The second-order valence-electron chi connectivity index (χ2n) is 24.8. The number of rotatable bonds is 41. The van der Waals surface area contributed by atoms with E-state index in [-0.39, 0.29) is 141 Å². The first-order chi connectivity index (χ1) is 40.4. The Morgan fingerprint density at radius 3 is 1.98 bits per heavy atom. The van der Waals surface area contributed by atoms with Crippen molar-refractivity contribution in [2.75, 3.05) is 73.7 Å². The molecule has 11 atom stereocenters. The summed E-state index contributed by atoms with van der Waals surface area (Å²) in [5.41, 5.74) is 5.79. The van der Waals surface area contributed by atoms with Crippen molar-refractivity contribution in [2.45, 2.75) is 192 Å². The highest BCUT2D eigenvalue weighted by Crippen LogP contribution is 2.32. The molecule has 2 heterocycles. The summed E-state index contributed by atoms with van der Waals surface area (Å²) in [6, 6.07) is 3.11. The van der Waals surface area contributed by atoms with Gasteiger partial charge in [-0.05, 0) is 87.4 Å². The van der Waals surface area contributed by atoms with Gasteiger partial charge in [0.25, 0.3) is 0 Å². The van der Waals surface area contributed by atoms with Crippen LogP contribution in [0.3, 0.4) is 0 Å². The van der Waals surface area contributed by atoms with Gasteiger partial charge in [-0.2, -0.15) is 11.8 Å². The molecule has 2 fully saturated rings. The molecule has 0 spiro atoms. The Bertz CT molecular complexity index is 2570. The first-order valence-corrected chi connectivity index (χ1v) is 33.5. The fraction of sp³-hybridized carbons (Fsp3) is 0.746. The number of carbonyl (C=O) groups excluding carboxylic acids is 10. The molecule has 3 N–H and O–H groups in total. The smallest absolute Gasteiger partial charge is 0.242 e. The molecule has 21 nitrogen and oxygen atoms in total. The van der Waals surface area contributed by atoms with Crippen LogP contribution in [-0.4, -0.2) is 202 Å². The van der Waals surface area contributed by atoms with E-state index >= 15 is 0 Å². The molecule has 3 rings (SSSR count). The van der Waals surface area contributed by atoms with Crippen molar-refractivity contribution in [3.8, 4) is 0 Å². The number of carbonyl (C=O) groups is 10. The summed E-state index contributed by atoms with van der Waals surface area (Å²) in [7, 11) is 4.15. The van der Waals surface area contributed by atoms with Crippen LogP contribution in [0, 0.1) is 41.4 Å². The molecule has 1 unspecified atom stereocenters. The number of nitrogens with zero attached hydrogens (tertiary/aromatic N) is 4. The highest BCUT2D eigenvalue weighted by Gasteiger charge is 2.44. The predicted molar refractivity (Wildman–Crippen MR) is 330 cm³/mol. The number of benzene rings is 1. The molecule has 2 saturated heterocycles. The number of nitrogens with two attached hydrogens (primary N) is 1. The second-order valence-corrected chi connectivity index (χ2v) is 27.8. The van der Waals surface area contributed by atoms with Crippen LogP contribution < -0.4 is 11.1 Å². The Morgan fingerprint density at radius 1 is 0.802 bits per heavy atom. The fourth-order valence-corrected chi connectivity index (χ4v) is 14.1. The number of hydrogen-bond acceptors (Lipinski definition) is 17. The van der Waals surface area contributed by atoms with Gasteiger partial charge in [-0.15, -0.1) is 0 Å². The standard InChI is InChI=1S/C63H102N6O15S2/c1-16-41(8)59(67(12)62(78)47(39(4)5)34-51(72)58(40(6)7)66(10)11)53(82-13)35-56(75)68-28-19-21-49(68)60(83-14)42(9)52(73)37-86(80,81)45-25-23-43(24-26-45)32-50(71)48(20-17-18-22-55(64)74)65-61(77)46(38(2)3)33-44(70)27-30-84-31-29-69-57(76)36-54(85-15)63(69)79/h23-26,38-42,46-49,53-54,58-60H,16-22,27-37H2,1-15H3,(H2,64,74)(H,65,77)/t41-,42-,46-,47-,48-,49-,53+,54?,58-,59-,60+/m0/s1. The van der Waals surface area contributed by atoms with Crippen LogP contribution >= 0.6 is 11.8 Å². The number of amides is 6. The molecular weight excluding hydrogens is 1140 g/mol. The monoisotopic (exact) mass is 1250 g/mol.